The van der Waals surface area contributed by atoms with Crippen LogP contribution in [0, 0.1) is 5.82 Å². The SMILES string of the molecule is COc1cc(CNc2c(Cl)ccc3c2CCNCC3)ccc1F.O=C(O)CCC(=O)O. The molecule has 0 saturated carbocycles. The lowest BCUT2D eigenvalue weighted by molar-refractivity contribution is -0.143. The minimum absolute atomic E-state index is 0.256. The number of benzene rings is 2. The molecule has 0 aliphatic carbocycles. The number of anilines is 1. The average molecular weight is 453 g/mol. The van der Waals surface area contributed by atoms with Gasteiger partial charge in [0, 0.05) is 6.54 Å². The first-order valence-corrected chi connectivity index (χ1v) is 10.2. The van der Waals surface area contributed by atoms with Crippen LogP contribution in [0.1, 0.15) is 29.5 Å². The Balaban J connectivity index is 0.000000366. The van der Waals surface area contributed by atoms with E-state index in [1.54, 1.807) is 12.1 Å². The summed E-state index contributed by atoms with van der Waals surface area (Å²) in [6.45, 7) is 2.51. The number of hydrogen-bond donors (Lipinski definition) is 4. The molecular formula is C22H26ClFN2O5. The van der Waals surface area contributed by atoms with Gasteiger partial charge >= 0.3 is 11.9 Å². The third kappa shape index (κ3) is 7.73. The van der Waals surface area contributed by atoms with Gasteiger partial charge in [-0.2, -0.15) is 0 Å². The van der Waals surface area contributed by atoms with Gasteiger partial charge in [-0.1, -0.05) is 23.7 Å². The molecule has 0 fully saturated rings. The van der Waals surface area contributed by atoms with Crippen molar-refractivity contribution in [3.63, 3.8) is 0 Å². The highest BCUT2D eigenvalue weighted by molar-refractivity contribution is 6.33. The lowest BCUT2D eigenvalue weighted by atomic mass is 10.0. The Labute approximate surface area is 185 Å². The molecule has 1 aliphatic rings. The smallest absolute Gasteiger partial charge is 0.303 e. The molecule has 0 saturated heterocycles. The first-order valence-electron chi connectivity index (χ1n) is 9.82. The molecule has 0 amide bonds. The van der Waals surface area contributed by atoms with E-state index < -0.39 is 11.9 Å². The number of methoxy groups -OCH3 is 1. The maximum atomic E-state index is 13.5. The number of ether oxygens (including phenoxy) is 1. The predicted octanol–water partition coefficient (Wildman–Crippen LogP) is 3.72. The van der Waals surface area contributed by atoms with Crippen molar-refractivity contribution < 1.29 is 28.9 Å². The monoisotopic (exact) mass is 452 g/mol. The maximum Gasteiger partial charge on any atom is 0.303 e. The number of aliphatic carboxylic acids is 2. The van der Waals surface area contributed by atoms with Crippen LogP contribution in [-0.2, 0) is 29.0 Å². The fourth-order valence-corrected chi connectivity index (χ4v) is 3.40. The van der Waals surface area contributed by atoms with Gasteiger partial charge in [0.2, 0.25) is 0 Å². The van der Waals surface area contributed by atoms with Crippen molar-refractivity contribution in [2.45, 2.75) is 32.2 Å². The Kier molecular flexibility index (Phi) is 9.55. The highest BCUT2D eigenvalue weighted by Crippen LogP contribution is 2.31. The zero-order chi connectivity index (χ0) is 22.8. The first kappa shape index (κ1) is 24.4. The van der Waals surface area contributed by atoms with Gasteiger partial charge in [-0.25, -0.2) is 4.39 Å². The van der Waals surface area contributed by atoms with E-state index in [-0.39, 0.29) is 24.4 Å². The van der Waals surface area contributed by atoms with Crippen molar-refractivity contribution in [2.75, 3.05) is 25.5 Å². The largest absolute Gasteiger partial charge is 0.494 e. The molecule has 0 atom stereocenters. The number of carbonyl (C=O) groups is 2. The summed E-state index contributed by atoms with van der Waals surface area (Å²) in [5.41, 5.74) is 4.54. The van der Waals surface area contributed by atoms with Gasteiger partial charge < -0.3 is 25.6 Å². The molecule has 4 N–H and O–H groups in total. The predicted molar refractivity (Wildman–Crippen MR) is 117 cm³/mol. The fourth-order valence-electron chi connectivity index (χ4n) is 3.15. The van der Waals surface area contributed by atoms with Crippen molar-refractivity contribution in [2.24, 2.45) is 0 Å². The van der Waals surface area contributed by atoms with Crippen LogP contribution in [0.4, 0.5) is 10.1 Å². The van der Waals surface area contributed by atoms with Crippen molar-refractivity contribution in [1.29, 1.82) is 0 Å². The van der Waals surface area contributed by atoms with Crippen LogP contribution in [-0.4, -0.2) is 42.4 Å². The Hall–Kier alpha value is -2.84. The number of fused-ring (bicyclic) bond motifs is 1. The van der Waals surface area contributed by atoms with Gasteiger partial charge in [-0.15, -0.1) is 0 Å². The minimum atomic E-state index is -1.08. The minimum Gasteiger partial charge on any atom is -0.494 e. The third-order valence-corrected chi connectivity index (χ3v) is 5.03. The lowest BCUT2D eigenvalue weighted by Crippen LogP contribution is -2.16. The van der Waals surface area contributed by atoms with E-state index in [0.717, 1.165) is 42.2 Å². The van der Waals surface area contributed by atoms with E-state index in [2.05, 4.69) is 16.7 Å². The summed E-state index contributed by atoms with van der Waals surface area (Å²) in [5.74, 6) is -2.25. The van der Waals surface area contributed by atoms with Crippen LogP contribution >= 0.6 is 11.6 Å². The van der Waals surface area contributed by atoms with Gasteiger partial charge in [-0.3, -0.25) is 9.59 Å². The summed E-state index contributed by atoms with van der Waals surface area (Å²) in [6, 6.07) is 8.93. The van der Waals surface area contributed by atoms with Crippen LogP contribution in [0.3, 0.4) is 0 Å². The Bertz CT molecular complexity index is 909. The zero-order valence-electron chi connectivity index (χ0n) is 17.2. The van der Waals surface area contributed by atoms with Gasteiger partial charge in [-0.05, 0) is 60.8 Å². The van der Waals surface area contributed by atoms with Gasteiger partial charge in [0.15, 0.2) is 11.6 Å². The van der Waals surface area contributed by atoms with Crippen LogP contribution in [0.2, 0.25) is 5.02 Å². The van der Waals surface area contributed by atoms with Crippen LogP contribution in [0.15, 0.2) is 30.3 Å². The van der Waals surface area contributed by atoms with Crippen LogP contribution in [0.5, 0.6) is 5.75 Å². The molecule has 7 nitrogen and oxygen atoms in total. The van der Waals surface area contributed by atoms with E-state index in [1.807, 2.05) is 6.07 Å². The molecule has 0 spiro atoms. The summed E-state index contributed by atoms with van der Waals surface area (Å²) >= 11 is 6.40. The highest BCUT2D eigenvalue weighted by Gasteiger charge is 2.15. The van der Waals surface area contributed by atoms with Gasteiger partial charge in [0.25, 0.3) is 0 Å². The topological polar surface area (TPSA) is 108 Å². The van der Waals surface area contributed by atoms with E-state index in [9.17, 15) is 14.0 Å². The second kappa shape index (κ2) is 12.1. The summed E-state index contributed by atoms with van der Waals surface area (Å²) in [7, 11) is 1.47. The molecular weight excluding hydrogens is 427 g/mol. The van der Waals surface area contributed by atoms with Gasteiger partial charge in [0.05, 0.1) is 30.7 Å². The molecule has 0 radical (unpaired) electrons. The molecule has 0 aromatic heterocycles. The first-order chi connectivity index (χ1) is 14.8. The Morgan fingerprint density at radius 2 is 1.81 bits per heavy atom. The molecule has 2 aromatic rings. The number of halogens is 2. The van der Waals surface area contributed by atoms with Crippen LogP contribution < -0.4 is 15.4 Å². The second-order valence-electron chi connectivity index (χ2n) is 6.92. The molecule has 1 heterocycles. The maximum absolute atomic E-state index is 13.5. The number of carboxylic acid groups (broad SMARTS) is 2. The molecule has 31 heavy (non-hydrogen) atoms. The number of rotatable bonds is 7. The van der Waals surface area contributed by atoms with Crippen molar-refractivity contribution in [1.82, 2.24) is 5.32 Å². The third-order valence-electron chi connectivity index (χ3n) is 4.72. The van der Waals surface area contributed by atoms with Crippen LogP contribution in [0.25, 0.3) is 0 Å². The second-order valence-corrected chi connectivity index (χ2v) is 7.33. The molecule has 0 bridgehead atoms. The van der Waals surface area contributed by atoms with E-state index in [4.69, 9.17) is 26.6 Å². The average Bonchev–Trinajstić information content (AvgIpc) is 2.98. The molecule has 168 valence electrons. The molecule has 9 heteroatoms. The van der Waals surface area contributed by atoms with Crippen molar-refractivity contribution in [3.8, 4) is 5.75 Å². The van der Waals surface area contributed by atoms with E-state index in [1.165, 1.54) is 24.3 Å². The standard InChI is InChI=1S/C18H20ClFN2O.C4H6O4/c1-23-17-10-12(2-5-16(17)20)11-22-18-14-7-9-21-8-6-13(14)3-4-15(18)19;5-3(6)1-2-4(7)8/h2-5,10,21-22H,6-9,11H2,1H3;1-2H2,(H,5,6)(H,7,8). The lowest BCUT2D eigenvalue weighted by Gasteiger charge is -2.16. The normalized spacial score (nSPS) is 12.6. The summed E-state index contributed by atoms with van der Waals surface area (Å²) in [4.78, 5) is 19.3. The fraction of sp³-hybridized carbons (Fsp3) is 0.364. The van der Waals surface area contributed by atoms with E-state index >= 15 is 0 Å². The molecule has 3 rings (SSSR count). The molecule has 2 aromatic carbocycles. The molecule has 1 aliphatic heterocycles. The van der Waals surface area contributed by atoms with Crippen molar-refractivity contribution >= 4 is 29.2 Å². The summed E-state index contributed by atoms with van der Waals surface area (Å²) in [5, 5.41) is 23.3. The van der Waals surface area contributed by atoms with E-state index in [0.29, 0.717) is 6.54 Å². The summed E-state index contributed by atoms with van der Waals surface area (Å²) < 4.78 is 18.5. The number of nitrogens with one attached hydrogen (secondary N) is 2. The highest BCUT2D eigenvalue weighted by atomic mass is 35.5. The number of carboxylic acids is 2. The van der Waals surface area contributed by atoms with Crippen molar-refractivity contribution in [3.05, 3.63) is 57.9 Å². The van der Waals surface area contributed by atoms with Gasteiger partial charge in [0.1, 0.15) is 0 Å². The molecule has 0 unspecified atom stereocenters. The quantitative estimate of drug-likeness (QED) is 0.507. The Morgan fingerprint density at radius 1 is 1.13 bits per heavy atom. The summed E-state index contributed by atoms with van der Waals surface area (Å²) in [6.07, 6.45) is 1.36. The Morgan fingerprint density at radius 3 is 2.45 bits per heavy atom. The number of hydrogen-bond acceptors (Lipinski definition) is 5. The zero-order valence-corrected chi connectivity index (χ0v) is 18.0.